The van der Waals surface area contributed by atoms with Gasteiger partial charge in [0, 0.05) is 19.6 Å². The Bertz CT molecular complexity index is 358. The van der Waals surface area contributed by atoms with Crippen LogP contribution in [0.2, 0.25) is 0 Å². The van der Waals surface area contributed by atoms with Gasteiger partial charge in [-0.15, -0.1) is 0 Å². The number of ether oxygens (including phenoxy) is 1. The van der Waals surface area contributed by atoms with Gasteiger partial charge in [0.1, 0.15) is 11.6 Å². The highest BCUT2D eigenvalue weighted by Crippen LogP contribution is 2.24. The number of hydrogen-bond acceptors (Lipinski definition) is 4. The average molecular weight is 302 g/mol. The fourth-order valence-corrected chi connectivity index (χ4v) is 2.08. The average Bonchev–Trinajstić information content (AvgIpc) is 2.33. The molecule has 5 heteroatoms. The minimum atomic E-state index is 0.673. The van der Waals surface area contributed by atoms with Gasteiger partial charge in [0.15, 0.2) is 0 Å². The van der Waals surface area contributed by atoms with E-state index >= 15 is 0 Å². The molecule has 0 spiro atoms. The van der Waals surface area contributed by atoms with Crippen LogP contribution in [-0.2, 0) is 17.6 Å². The first kappa shape index (κ1) is 14.4. The molecule has 0 aliphatic rings. The second-order valence-corrected chi connectivity index (χ2v) is 4.37. The van der Waals surface area contributed by atoms with Crippen molar-refractivity contribution >= 4 is 21.7 Å². The summed E-state index contributed by atoms with van der Waals surface area (Å²) in [6, 6.07) is 0. The minimum Gasteiger partial charge on any atom is -0.381 e. The van der Waals surface area contributed by atoms with Gasteiger partial charge in [0.05, 0.1) is 16.8 Å². The van der Waals surface area contributed by atoms with Crippen LogP contribution in [-0.4, -0.2) is 29.7 Å². The summed E-state index contributed by atoms with van der Waals surface area (Å²) in [7, 11) is 0. The van der Waals surface area contributed by atoms with Crippen LogP contribution in [0.25, 0.3) is 0 Å². The van der Waals surface area contributed by atoms with Crippen molar-refractivity contribution in [1.82, 2.24) is 9.97 Å². The normalized spacial score (nSPS) is 10.6. The lowest BCUT2D eigenvalue weighted by molar-refractivity contribution is 0.149. The van der Waals surface area contributed by atoms with E-state index in [2.05, 4.69) is 45.1 Å². The highest BCUT2D eigenvalue weighted by Gasteiger charge is 2.10. The van der Waals surface area contributed by atoms with Crippen molar-refractivity contribution in [3.8, 4) is 0 Å². The Balaban J connectivity index is 2.86. The summed E-state index contributed by atoms with van der Waals surface area (Å²) in [6.45, 7) is 8.40. The van der Waals surface area contributed by atoms with Gasteiger partial charge in [-0.05, 0) is 36.2 Å². The van der Waals surface area contributed by atoms with E-state index in [0.29, 0.717) is 6.61 Å². The van der Waals surface area contributed by atoms with Crippen molar-refractivity contribution in [3.63, 3.8) is 0 Å². The molecule has 4 nitrogen and oxygen atoms in total. The monoisotopic (exact) mass is 301 g/mol. The Kier molecular flexibility index (Phi) is 6.44. The molecule has 0 fully saturated rings. The molecule has 1 aromatic heterocycles. The van der Waals surface area contributed by atoms with Crippen LogP contribution in [0.4, 0.5) is 5.82 Å². The second-order valence-electron chi connectivity index (χ2n) is 3.58. The van der Waals surface area contributed by atoms with Crippen molar-refractivity contribution in [2.45, 2.75) is 33.6 Å². The fourth-order valence-electron chi connectivity index (χ4n) is 1.48. The largest absolute Gasteiger partial charge is 0.381 e. The highest BCUT2D eigenvalue weighted by atomic mass is 79.9. The molecule has 0 bridgehead atoms. The third-order valence-corrected chi connectivity index (χ3v) is 3.15. The SMILES string of the molecule is CCNc1nc(CCOCC)nc(CC)c1Br. The van der Waals surface area contributed by atoms with Gasteiger partial charge in [0.2, 0.25) is 0 Å². The van der Waals surface area contributed by atoms with Crippen LogP contribution in [0.1, 0.15) is 32.3 Å². The van der Waals surface area contributed by atoms with Gasteiger partial charge in [0.25, 0.3) is 0 Å². The number of halogens is 1. The zero-order chi connectivity index (χ0) is 12.7. The summed E-state index contributed by atoms with van der Waals surface area (Å²) in [6.07, 6.45) is 1.65. The summed E-state index contributed by atoms with van der Waals surface area (Å²) < 4.78 is 6.30. The molecule has 0 unspecified atom stereocenters. The molecular formula is C12H20BrN3O. The predicted molar refractivity (Wildman–Crippen MR) is 73.5 cm³/mol. The molecule has 1 heterocycles. The molecule has 0 atom stereocenters. The van der Waals surface area contributed by atoms with E-state index in [1.165, 1.54) is 0 Å². The molecule has 0 aliphatic heterocycles. The van der Waals surface area contributed by atoms with Crippen LogP contribution in [0, 0.1) is 0 Å². The molecule has 17 heavy (non-hydrogen) atoms. The zero-order valence-electron chi connectivity index (χ0n) is 10.7. The van der Waals surface area contributed by atoms with Crippen molar-refractivity contribution in [3.05, 3.63) is 16.0 Å². The van der Waals surface area contributed by atoms with E-state index in [0.717, 1.165) is 47.8 Å². The van der Waals surface area contributed by atoms with Gasteiger partial charge in [-0.25, -0.2) is 9.97 Å². The van der Waals surface area contributed by atoms with Crippen molar-refractivity contribution in [2.75, 3.05) is 25.1 Å². The smallest absolute Gasteiger partial charge is 0.144 e. The zero-order valence-corrected chi connectivity index (χ0v) is 12.3. The Morgan fingerprint density at radius 2 is 2.00 bits per heavy atom. The van der Waals surface area contributed by atoms with E-state index in [1.54, 1.807) is 0 Å². The van der Waals surface area contributed by atoms with E-state index in [-0.39, 0.29) is 0 Å². The van der Waals surface area contributed by atoms with Crippen LogP contribution in [0.5, 0.6) is 0 Å². The van der Waals surface area contributed by atoms with E-state index in [1.807, 2.05) is 6.92 Å². The fraction of sp³-hybridized carbons (Fsp3) is 0.667. The van der Waals surface area contributed by atoms with Crippen LogP contribution < -0.4 is 5.32 Å². The lowest BCUT2D eigenvalue weighted by Crippen LogP contribution is -2.09. The summed E-state index contributed by atoms with van der Waals surface area (Å²) in [5.41, 5.74) is 1.04. The molecule has 0 aromatic carbocycles. The quantitative estimate of drug-likeness (QED) is 0.787. The van der Waals surface area contributed by atoms with Crippen LogP contribution >= 0.6 is 15.9 Å². The van der Waals surface area contributed by atoms with E-state index in [4.69, 9.17) is 4.74 Å². The van der Waals surface area contributed by atoms with Gasteiger partial charge in [-0.3, -0.25) is 0 Å². The van der Waals surface area contributed by atoms with Crippen LogP contribution in [0.15, 0.2) is 4.47 Å². The maximum Gasteiger partial charge on any atom is 0.144 e. The Labute approximate surface area is 111 Å². The third kappa shape index (κ3) is 4.24. The first-order chi connectivity index (χ1) is 8.22. The summed E-state index contributed by atoms with van der Waals surface area (Å²) >= 11 is 3.54. The highest BCUT2D eigenvalue weighted by molar-refractivity contribution is 9.10. The van der Waals surface area contributed by atoms with E-state index < -0.39 is 0 Å². The number of aromatic nitrogens is 2. The first-order valence-corrected chi connectivity index (χ1v) is 6.89. The Morgan fingerprint density at radius 1 is 1.24 bits per heavy atom. The summed E-state index contributed by atoms with van der Waals surface area (Å²) in [5.74, 6) is 1.72. The number of nitrogens with zero attached hydrogens (tertiary/aromatic N) is 2. The first-order valence-electron chi connectivity index (χ1n) is 6.09. The minimum absolute atomic E-state index is 0.673. The van der Waals surface area contributed by atoms with Crippen molar-refractivity contribution in [2.24, 2.45) is 0 Å². The number of aryl methyl sites for hydroxylation is 1. The lowest BCUT2D eigenvalue weighted by atomic mass is 10.3. The molecule has 1 aromatic rings. The maximum absolute atomic E-state index is 5.33. The molecule has 0 amide bonds. The van der Waals surface area contributed by atoms with Crippen molar-refractivity contribution < 1.29 is 4.74 Å². The number of anilines is 1. The molecule has 1 N–H and O–H groups in total. The van der Waals surface area contributed by atoms with E-state index in [9.17, 15) is 0 Å². The Hall–Kier alpha value is -0.680. The molecule has 96 valence electrons. The molecular weight excluding hydrogens is 282 g/mol. The van der Waals surface area contributed by atoms with Gasteiger partial charge in [-0.1, -0.05) is 6.92 Å². The molecule has 0 radical (unpaired) electrons. The molecule has 0 aliphatic carbocycles. The Morgan fingerprint density at radius 3 is 2.59 bits per heavy atom. The van der Waals surface area contributed by atoms with Gasteiger partial charge >= 0.3 is 0 Å². The number of rotatable bonds is 7. The summed E-state index contributed by atoms with van der Waals surface area (Å²) in [5, 5.41) is 3.24. The molecule has 1 rings (SSSR count). The van der Waals surface area contributed by atoms with Crippen molar-refractivity contribution in [1.29, 1.82) is 0 Å². The predicted octanol–water partition coefficient (Wildman–Crippen LogP) is 2.81. The topological polar surface area (TPSA) is 47.0 Å². The second kappa shape index (κ2) is 7.61. The standard InChI is InChI=1S/C12H20BrN3O/c1-4-9-11(13)12(14-5-2)16-10(15-9)7-8-17-6-3/h4-8H2,1-3H3,(H,14,15,16). The number of hydrogen-bond donors (Lipinski definition) is 1. The third-order valence-electron chi connectivity index (χ3n) is 2.32. The lowest BCUT2D eigenvalue weighted by Gasteiger charge is -2.11. The molecule has 0 saturated carbocycles. The van der Waals surface area contributed by atoms with Gasteiger partial charge < -0.3 is 10.1 Å². The summed E-state index contributed by atoms with van der Waals surface area (Å²) in [4.78, 5) is 9.02. The number of nitrogens with one attached hydrogen (secondary N) is 1. The molecule has 0 saturated heterocycles. The van der Waals surface area contributed by atoms with Gasteiger partial charge in [-0.2, -0.15) is 0 Å². The maximum atomic E-state index is 5.33. The van der Waals surface area contributed by atoms with Crippen LogP contribution in [0.3, 0.4) is 0 Å².